The van der Waals surface area contributed by atoms with Gasteiger partial charge in [-0.05, 0) is 41.6 Å². The van der Waals surface area contributed by atoms with Gasteiger partial charge in [-0.15, -0.1) is 11.3 Å². The molecule has 2 atom stereocenters. The molecule has 0 saturated carbocycles. The van der Waals surface area contributed by atoms with Gasteiger partial charge in [0.15, 0.2) is 12.1 Å². The van der Waals surface area contributed by atoms with Crippen LogP contribution in [0.4, 0.5) is 10.5 Å². The highest BCUT2D eigenvalue weighted by molar-refractivity contribution is 7.12. The molecule has 2 N–H and O–H groups in total. The first-order valence-electron chi connectivity index (χ1n) is 10.3. The number of amides is 3. The molecule has 1 aliphatic rings. The second-order valence-electron chi connectivity index (χ2n) is 7.31. The van der Waals surface area contributed by atoms with Crippen LogP contribution >= 0.6 is 11.3 Å². The summed E-state index contributed by atoms with van der Waals surface area (Å²) < 4.78 is 5.63. The van der Waals surface area contributed by atoms with Gasteiger partial charge in [-0.2, -0.15) is 0 Å². The standard InChI is InChI=1S/C24H23N3O4S/c1-2-25-23(29)20-21(31-24(30)27(20)15-16-7-4-3-5-8-16)17-10-12-18(13-11-17)26-22(28)19-9-6-14-32-19/h3-14,20-21H,2,15H2,1H3,(H,25,29)(H,26,28). The van der Waals surface area contributed by atoms with Crippen LogP contribution in [0.15, 0.2) is 72.1 Å². The highest BCUT2D eigenvalue weighted by Crippen LogP contribution is 2.34. The zero-order chi connectivity index (χ0) is 22.5. The highest BCUT2D eigenvalue weighted by atomic mass is 32.1. The van der Waals surface area contributed by atoms with Crippen molar-refractivity contribution < 1.29 is 19.1 Å². The number of benzene rings is 2. The fourth-order valence-electron chi connectivity index (χ4n) is 3.63. The summed E-state index contributed by atoms with van der Waals surface area (Å²) >= 11 is 1.36. The van der Waals surface area contributed by atoms with Crippen LogP contribution in [0.25, 0.3) is 0 Å². The molecule has 7 nitrogen and oxygen atoms in total. The number of hydrogen-bond acceptors (Lipinski definition) is 5. The number of ether oxygens (including phenoxy) is 1. The van der Waals surface area contributed by atoms with E-state index in [9.17, 15) is 14.4 Å². The van der Waals surface area contributed by atoms with Crippen molar-refractivity contribution in [1.82, 2.24) is 10.2 Å². The quantitative estimate of drug-likeness (QED) is 0.566. The van der Waals surface area contributed by atoms with Gasteiger partial charge in [0.05, 0.1) is 11.4 Å². The minimum atomic E-state index is -0.797. The molecule has 0 spiro atoms. The molecule has 3 amide bonds. The van der Waals surface area contributed by atoms with Crippen molar-refractivity contribution >= 4 is 34.9 Å². The van der Waals surface area contributed by atoms with Crippen molar-refractivity contribution in [3.63, 3.8) is 0 Å². The van der Waals surface area contributed by atoms with Crippen molar-refractivity contribution in [2.24, 2.45) is 0 Å². The molecule has 2 heterocycles. The summed E-state index contributed by atoms with van der Waals surface area (Å²) in [5.41, 5.74) is 2.21. The van der Waals surface area contributed by atoms with Gasteiger partial charge in [0.1, 0.15) is 0 Å². The molecule has 2 unspecified atom stereocenters. The molecule has 1 fully saturated rings. The Morgan fingerprint density at radius 2 is 1.78 bits per heavy atom. The first kappa shape index (κ1) is 21.6. The molecule has 1 aliphatic heterocycles. The molecular weight excluding hydrogens is 426 g/mol. The molecule has 1 aromatic heterocycles. The van der Waals surface area contributed by atoms with Gasteiger partial charge < -0.3 is 15.4 Å². The van der Waals surface area contributed by atoms with Crippen molar-refractivity contribution in [3.8, 4) is 0 Å². The Bertz CT molecular complexity index is 1080. The van der Waals surface area contributed by atoms with Crippen molar-refractivity contribution in [3.05, 3.63) is 88.1 Å². The number of nitrogens with one attached hydrogen (secondary N) is 2. The van der Waals surface area contributed by atoms with Crippen LogP contribution in [0.2, 0.25) is 0 Å². The smallest absolute Gasteiger partial charge is 0.411 e. The minimum absolute atomic E-state index is 0.186. The molecule has 0 radical (unpaired) electrons. The first-order chi connectivity index (χ1) is 15.6. The Kier molecular flexibility index (Phi) is 6.51. The van der Waals surface area contributed by atoms with Gasteiger partial charge in [0, 0.05) is 12.2 Å². The van der Waals surface area contributed by atoms with Crippen LogP contribution in [-0.4, -0.2) is 35.4 Å². The van der Waals surface area contributed by atoms with E-state index in [4.69, 9.17) is 4.74 Å². The summed E-state index contributed by atoms with van der Waals surface area (Å²) in [6.45, 7) is 2.55. The van der Waals surface area contributed by atoms with E-state index in [1.54, 1.807) is 30.3 Å². The third-order valence-corrected chi connectivity index (χ3v) is 6.01. The predicted octanol–water partition coefficient (Wildman–Crippen LogP) is 4.20. The fraction of sp³-hybridized carbons (Fsp3) is 0.208. The molecule has 4 rings (SSSR count). The van der Waals surface area contributed by atoms with Gasteiger partial charge in [-0.25, -0.2) is 4.79 Å². The first-order valence-corrected chi connectivity index (χ1v) is 11.2. The van der Waals surface area contributed by atoms with E-state index in [1.807, 2.05) is 48.7 Å². The number of carbonyl (C=O) groups is 3. The summed E-state index contributed by atoms with van der Waals surface area (Å²) in [4.78, 5) is 39.9. The van der Waals surface area contributed by atoms with Crippen molar-refractivity contribution in [2.75, 3.05) is 11.9 Å². The fourth-order valence-corrected chi connectivity index (χ4v) is 4.24. The third-order valence-electron chi connectivity index (χ3n) is 5.14. The SMILES string of the molecule is CCNC(=O)C1C(c2ccc(NC(=O)c3cccs3)cc2)OC(=O)N1Cc1ccccc1. The topological polar surface area (TPSA) is 87.7 Å². The maximum absolute atomic E-state index is 12.9. The number of thiophene rings is 1. The lowest BCUT2D eigenvalue weighted by atomic mass is 10.0. The number of likely N-dealkylation sites (N-methyl/N-ethyl adjacent to an activating group) is 1. The number of hydrogen-bond donors (Lipinski definition) is 2. The van der Waals surface area contributed by atoms with E-state index < -0.39 is 18.2 Å². The minimum Gasteiger partial charge on any atom is -0.438 e. The number of carbonyl (C=O) groups excluding carboxylic acids is 3. The molecule has 164 valence electrons. The Morgan fingerprint density at radius 3 is 2.44 bits per heavy atom. The van der Waals surface area contributed by atoms with Gasteiger partial charge in [0.2, 0.25) is 5.91 Å². The van der Waals surface area contributed by atoms with Crippen LogP contribution in [-0.2, 0) is 16.1 Å². The van der Waals surface area contributed by atoms with Crippen molar-refractivity contribution in [1.29, 1.82) is 0 Å². The summed E-state index contributed by atoms with van der Waals surface area (Å²) in [6, 6.07) is 19.3. The lowest BCUT2D eigenvalue weighted by Crippen LogP contribution is -2.46. The highest BCUT2D eigenvalue weighted by Gasteiger charge is 2.46. The number of cyclic esters (lactones) is 1. The summed E-state index contributed by atoms with van der Waals surface area (Å²) in [7, 11) is 0. The van der Waals surface area contributed by atoms with Crippen LogP contribution in [0, 0.1) is 0 Å². The Morgan fingerprint density at radius 1 is 1.03 bits per heavy atom. The van der Waals surface area contributed by atoms with Crippen LogP contribution < -0.4 is 10.6 Å². The van der Waals surface area contributed by atoms with Crippen LogP contribution in [0.5, 0.6) is 0 Å². The van der Waals surface area contributed by atoms with E-state index in [1.165, 1.54) is 16.2 Å². The Balaban J connectivity index is 1.54. The summed E-state index contributed by atoms with van der Waals surface area (Å²) in [6.07, 6.45) is -1.29. The van der Waals surface area contributed by atoms with E-state index >= 15 is 0 Å². The van der Waals surface area contributed by atoms with Crippen LogP contribution in [0.3, 0.4) is 0 Å². The van der Waals surface area contributed by atoms with Crippen LogP contribution in [0.1, 0.15) is 33.8 Å². The van der Waals surface area contributed by atoms with E-state index in [0.717, 1.165) is 5.56 Å². The average molecular weight is 450 g/mol. The van der Waals surface area contributed by atoms with Gasteiger partial charge in [0.25, 0.3) is 5.91 Å². The maximum atomic E-state index is 12.9. The summed E-state index contributed by atoms with van der Waals surface area (Å²) in [5, 5.41) is 7.49. The second kappa shape index (κ2) is 9.65. The molecule has 32 heavy (non-hydrogen) atoms. The number of anilines is 1. The monoisotopic (exact) mass is 449 g/mol. The zero-order valence-electron chi connectivity index (χ0n) is 17.5. The van der Waals surface area contributed by atoms with Gasteiger partial charge in [-0.1, -0.05) is 48.5 Å². The van der Waals surface area contributed by atoms with Gasteiger partial charge >= 0.3 is 6.09 Å². The molecule has 3 aromatic rings. The van der Waals surface area contributed by atoms with E-state index in [2.05, 4.69) is 10.6 Å². The molecule has 0 aliphatic carbocycles. The van der Waals surface area contributed by atoms with Gasteiger partial charge in [-0.3, -0.25) is 14.5 Å². The van der Waals surface area contributed by atoms with Crippen molar-refractivity contribution in [2.45, 2.75) is 25.6 Å². The zero-order valence-corrected chi connectivity index (χ0v) is 18.3. The number of rotatable bonds is 7. The molecular formula is C24H23N3O4S. The molecule has 0 bridgehead atoms. The lowest BCUT2D eigenvalue weighted by Gasteiger charge is -2.24. The maximum Gasteiger partial charge on any atom is 0.411 e. The lowest BCUT2D eigenvalue weighted by molar-refractivity contribution is -0.126. The largest absolute Gasteiger partial charge is 0.438 e. The normalized spacial score (nSPS) is 17.7. The average Bonchev–Trinajstić information content (AvgIpc) is 3.44. The predicted molar refractivity (Wildman–Crippen MR) is 122 cm³/mol. The van der Waals surface area contributed by atoms with E-state index in [0.29, 0.717) is 22.7 Å². The Labute approximate surface area is 190 Å². The number of nitrogens with zero attached hydrogens (tertiary/aromatic N) is 1. The molecule has 1 saturated heterocycles. The molecule has 8 heteroatoms. The summed E-state index contributed by atoms with van der Waals surface area (Å²) in [5.74, 6) is -0.455. The second-order valence-corrected chi connectivity index (χ2v) is 8.26. The Hall–Kier alpha value is -3.65. The third kappa shape index (κ3) is 4.65. The molecule has 2 aromatic carbocycles. The van der Waals surface area contributed by atoms with E-state index in [-0.39, 0.29) is 18.4 Å².